The van der Waals surface area contributed by atoms with Crippen LogP contribution in [0, 0.1) is 0 Å². The molecule has 0 heterocycles. The molecule has 160 valence electrons. The van der Waals surface area contributed by atoms with E-state index in [1.807, 2.05) is 12.1 Å². The topological polar surface area (TPSA) is 86.7 Å². The molecule has 0 unspecified atom stereocenters. The molecule has 0 aliphatic heterocycles. The molecular weight excluding hydrogens is 427 g/mol. The Labute approximate surface area is 223 Å². The van der Waals surface area contributed by atoms with Crippen LogP contribution in [0.2, 0.25) is 0 Å². The molecule has 0 saturated heterocycles. The second-order valence-corrected chi connectivity index (χ2v) is 8.83. The van der Waals surface area contributed by atoms with Crippen molar-refractivity contribution in [2.75, 3.05) is 0 Å². The first-order valence-electron chi connectivity index (χ1n) is 10.5. The maximum Gasteiger partial charge on any atom is 1.00 e. The van der Waals surface area contributed by atoms with Crippen molar-refractivity contribution in [1.29, 1.82) is 0 Å². The van der Waals surface area contributed by atoms with Crippen LogP contribution < -0.4 is 61.2 Å². The molecule has 0 atom stereocenters. The van der Waals surface area contributed by atoms with E-state index in [2.05, 4.69) is 6.92 Å². The molecule has 0 saturated carbocycles. The second kappa shape index (κ2) is 14.6. The summed E-state index contributed by atoms with van der Waals surface area (Å²) in [5.41, 5.74) is 1.20. The van der Waals surface area contributed by atoms with Crippen molar-refractivity contribution in [3.05, 3.63) is 48.0 Å². The van der Waals surface area contributed by atoms with Gasteiger partial charge in [-0.05, 0) is 36.6 Å². The molecule has 2 aromatic rings. The number of hydrogen-bond donors (Lipinski definition) is 1. The molecule has 0 spiro atoms. The van der Waals surface area contributed by atoms with Crippen LogP contribution in [0.4, 0.5) is 0 Å². The van der Waals surface area contributed by atoms with Crippen LogP contribution >= 0.6 is 0 Å². The minimum absolute atomic E-state index is 0. The molecule has 30 heavy (non-hydrogen) atoms. The third-order valence-corrected chi connectivity index (χ3v) is 5.78. The maximum atomic E-state index is 11.9. The summed E-state index contributed by atoms with van der Waals surface area (Å²) in [5.74, 6) is -0.131. The zero-order valence-corrected chi connectivity index (χ0v) is 22.0. The normalized spacial score (nSPS) is 11.1. The Morgan fingerprint density at radius 3 is 2.00 bits per heavy atom. The molecule has 0 fully saturated rings. The molecule has 2 aromatic carbocycles. The third-order valence-electron chi connectivity index (χ3n) is 4.93. The van der Waals surface area contributed by atoms with E-state index < -0.39 is 15.9 Å². The smallest absolute Gasteiger partial charge is 0.870 e. The van der Waals surface area contributed by atoms with Crippen molar-refractivity contribution in [2.24, 2.45) is 0 Å². The Morgan fingerprint density at radius 1 is 0.867 bits per heavy atom. The van der Waals surface area contributed by atoms with E-state index >= 15 is 0 Å². The van der Waals surface area contributed by atoms with Gasteiger partial charge in [0.25, 0.3) is 10.1 Å². The Kier molecular flexibility index (Phi) is 13.5. The Balaban J connectivity index is 0.00000450. The predicted molar refractivity (Wildman–Crippen MR) is 113 cm³/mol. The fourth-order valence-electron chi connectivity index (χ4n) is 3.22. The molecular formula is C23H31KO5S. The molecule has 5 nitrogen and oxygen atoms in total. The number of ether oxygens (including phenoxy) is 1. The van der Waals surface area contributed by atoms with Gasteiger partial charge in [-0.2, -0.15) is 8.42 Å². The summed E-state index contributed by atoms with van der Waals surface area (Å²) in [6, 6.07) is 10.6. The van der Waals surface area contributed by atoms with Gasteiger partial charge < -0.3 is 9.84 Å². The number of rotatable bonds is 13. The average molecular weight is 459 g/mol. The second-order valence-electron chi connectivity index (χ2n) is 7.41. The standard InChI is InChI=1S/C23H32O5S.K/c1-2-3-4-5-6-7-8-9-10-11-19-12-14-20(15-13-19)28-23-18-21(29(25,26)27)16-17-22(23)24;/h12-18,24H,2-11H2,1H3,(H,25,26,27);/q;+1/p-1. The summed E-state index contributed by atoms with van der Waals surface area (Å²) in [7, 11) is -4.38. The number of unbranched alkanes of at least 4 members (excludes halogenated alkanes) is 8. The van der Waals surface area contributed by atoms with E-state index in [0.717, 1.165) is 31.0 Å². The van der Waals surface area contributed by atoms with Gasteiger partial charge in [0.05, 0.1) is 4.90 Å². The molecule has 0 bridgehead atoms. The van der Waals surface area contributed by atoms with Gasteiger partial charge in [-0.1, -0.05) is 82.2 Å². The molecule has 2 rings (SSSR count). The summed E-state index contributed by atoms with van der Waals surface area (Å²) >= 11 is 0. The van der Waals surface area contributed by atoms with Gasteiger partial charge >= 0.3 is 51.4 Å². The van der Waals surface area contributed by atoms with Crippen molar-refractivity contribution in [2.45, 2.75) is 76.0 Å². The quantitative estimate of drug-likeness (QED) is 0.283. The van der Waals surface area contributed by atoms with Crippen molar-refractivity contribution < 1.29 is 74.2 Å². The van der Waals surface area contributed by atoms with Crippen LogP contribution in [-0.2, 0) is 16.5 Å². The molecule has 0 radical (unpaired) electrons. The Morgan fingerprint density at radius 2 is 1.43 bits per heavy atom. The van der Waals surface area contributed by atoms with Gasteiger partial charge in [-0.25, -0.2) is 0 Å². The number of aryl methyl sites for hydroxylation is 1. The molecule has 1 N–H and O–H groups in total. The minimum atomic E-state index is -4.38. The van der Waals surface area contributed by atoms with E-state index in [1.54, 1.807) is 12.1 Å². The molecule has 7 heteroatoms. The molecule has 0 aliphatic rings. The SMILES string of the molecule is CCCCCCCCCCCc1ccc(Oc2cc(S(=O)(=O)O)ccc2[O-])cc1.[K+]. The van der Waals surface area contributed by atoms with Crippen LogP contribution in [0.3, 0.4) is 0 Å². The fourth-order valence-corrected chi connectivity index (χ4v) is 3.72. The first-order chi connectivity index (χ1) is 13.9. The van der Waals surface area contributed by atoms with Crippen LogP contribution in [0.1, 0.15) is 70.3 Å². The Hall–Kier alpha value is -0.414. The van der Waals surface area contributed by atoms with E-state index in [0.29, 0.717) is 5.75 Å². The molecule has 0 aliphatic carbocycles. The van der Waals surface area contributed by atoms with Crippen LogP contribution in [-0.4, -0.2) is 13.0 Å². The summed E-state index contributed by atoms with van der Waals surface area (Å²) in [6.45, 7) is 2.24. The van der Waals surface area contributed by atoms with Crippen LogP contribution in [0.5, 0.6) is 17.2 Å². The predicted octanol–water partition coefficient (Wildman–Crippen LogP) is 2.88. The summed E-state index contributed by atoms with van der Waals surface area (Å²) in [6.07, 6.45) is 12.7. The van der Waals surface area contributed by atoms with Crippen LogP contribution in [0.25, 0.3) is 0 Å². The maximum absolute atomic E-state index is 11.9. The summed E-state index contributed by atoms with van der Waals surface area (Å²) in [4.78, 5) is -0.367. The first kappa shape index (κ1) is 27.6. The summed E-state index contributed by atoms with van der Waals surface area (Å²) in [5, 5.41) is 11.9. The number of benzene rings is 2. The monoisotopic (exact) mass is 458 g/mol. The van der Waals surface area contributed by atoms with Crippen LogP contribution in [0.15, 0.2) is 47.4 Å². The van der Waals surface area contributed by atoms with Crippen molar-refractivity contribution in [1.82, 2.24) is 0 Å². The van der Waals surface area contributed by atoms with E-state index in [4.69, 9.17) is 9.29 Å². The summed E-state index contributed by atoms with van der Waals surface area (Å²) < 4.78 is 37.0. The van der Waals surface area contributed by atoms with Crippen molar-refractivity contribution >= 4 is 10.1 Å². The van der Waals surface area contributed by atoms with Gasteiger partial charge in [-0.3, -0.25) is 4.55 Å². The van der Waals surface area contributed by atoms with Gasteiger partial charge in [0.1, 0.15) is 11.5 Å². The van der Waals surface area contributed by atoms with E-state index in [9.17, 15) is 13.5 Å². The minimum Gasteiger partial charge on any atom is -0.870 e. The van der Waals surface area contributed by atoms with Crippen molar-refractivity contribution in [3.63, 3.8) is 0 Å². The number of hydrogen-bond acceptors (Lipinski definition) is 4. The van der Waals surface area contributed by atoms with Gasteiger partial charge in [0.2, 0.25) is 0 Å². The Bertz CT molecular complexity index is 850. The largest absolute Gasteiger partial charge is 1.00 e. The zero-order valence-electron chi connectivity index (χ0n) is 18.1. The third kappa shape index (κ3) is 10.3. The van der Waals surface area contributed by atoms with Crippen molar-refractivity contribution in [3.8, 4) is 17.2 Å². The van der Waals surface area contributed by atoms with Gasteiger partial charge in [0.15, 0.2) is 0 Å². The van der Waals surface area contributed by atoms with E-state index in [-0.39, 0.29) is 62.0 Å². The van der Waals surface area contributed by atoms with Gasteiger partial charge in [-0.15, -0.1) is 0 Å². The van der Waals surface area contributed by atoms with E-state index in [1.165, 1.54) is 56.9 Å². The average Bonchev–Trinajstić information content (AvgIpc) is 2.69. The molecule has 0 amide bonds. The zero-order chi connectivity index (χ0) is 21.1. The molecule has 0 aromatic heterocycles. The fraction of sp³-hybridized carbons (Fsp3) is 0.478. The van der Waals surface area contributed by atoms with Gasteiger partial charge in [0, 0.05) is 6.07 Å². The first-order valence-corrected chi connectivity index (χ1v) is 11.9.